The summed E-state index contributed by atoms with van der Waals surface area (Å²) >= 11 is 1.01. The zero-order valence-corrected chi connectivity index (χ0v) is 10.6. The monoisotopic (exact) mass is 273 g/mol. The molecule has 1 heterocycles. The average Bonchev–Trinajstić information content (AvgIpc) is 2.77. The normalized spacial score (nSPS) is 23.3. The molecule has 0 radical (unpaired) electrons. The van der Waals surface area contributed by atoms with E-state index in [0.29, 0.717) is 18.5 Å². The summed E-state index contributed by atoms with van der Waals surface area (Å²) in [5, 5.41) is 11.9. The first-order valence-corrected chi connectivity index (χ1v) is 6.74. The maximum Gasteiger partial charge on any atom is 0.307 e. The van der Waals surface area contributed by atoms with E-state index in [2.05, 4.69) is 5.32 Å². The van der Waals surface area contributed by atoms with Gasteiger partial charge in [0, 0.05) is 12.6 Å². The Bertz CT molecular complexity index is 458. The fourth-order valence-corrected chi connectivity index (χ4v) is 2.66. The van der Waals surface area contributed by atoms with Gasteiger partial charge in [0.15, 0.2) is 0 Å². The Morgan fingerprint density at radius 3 is 2.50 bits per heavy atom. The van der Waals surface area contributed by atoms with Gasteiger partial charge >= 0.3 is 5.97 Å². The van der Waals surface area contributed by atoms with Crippen LogP contribution in [0.15, 0.2) is 17.0 Å². The van der Waals surface area contributed by atoms with Gasteiger partial charge in [-0.25, -0.2) is 8.78 Å². The van der Waals surface area contributed by atoms with E-state index in [0.717, 1.165) is 11.8 Å². The quantitative estimate of drug-likeness (QED) is 0.830. The van der Waals surface area contributed by atoms with Crippen molar-refractivity contribution in [1.82, 2.24) is 5.32 Å². The van der Waals surface area contributed by atoms with Crippen molar-refractivity contribution in [3.05, 3.63) is 29.3 Å². The minimum Gasteiger partial charge on any atom is -0.481 e. The first-order valence-electron chi connectivity index (χ1n) is 5.52. The number of nitrogens with one attached hydrogen (secondary N) is 1. The van der Waals surface area contributed by atoms with Crippen molar-refractivity contribution in [2.75, 3.05) is 12.8 Å². The van der Waals surface area contributed by atoms with Gasteiger partial charge in [-0.3, -0.25) is 4.79 Å². The second-order valence-corrected chi connectivity index (χ2v) is 5.07. The highest BCUT2D eigenvalue weighted by molar-refractivity contribution is 7.98. The summed E-state index contributed by atoms with van der Waals surface area (Å²) in [6.07, 6.45) is 1.96. The van der Waals surface area contributed by atoms with Crippen molar-refractivity contribution in [2.45, 2.75) is 17.4 Å². The lowest BCUT2D eigenvalue weighted by Crippen LogP contribution is -2.17. The Kier molecular flexibility index (Phi) is 3.87. The molecule has 0 spiro atoms. The number of hydrogen-bond donors (Lipinski definition) is 2. The van der Waals surface area contributed by atoms with Gasteiger partial charge in [0.05, 0.1) is 10.8 Å². The van der Waals surface area contributed by atoms with Crippen LogP contribution >= 0.6 is 11.8 Å². The Hall–Kier alpha value is -1.14. The van der Waals surface area contributed by atoms with Gasteiger partial charge in [0.1, 0.15) is 11.6 Å². The molecular formula is C12H13F2NO2S. The largest absolute Gasteiger partial charge is 0.481 e. The van der Waals surface area contributed by atoms with Crippen LogP contribution in [-0.2, 0) is 4.79 Å². The third-order valence-electron chi connectivity index (χ3n) is 3.11. The third kappa shape index (κ3) is 2.49. The lowest BCUT2D eigenvalue weighted by Gasteiger charge is -2.12. The molecule has 1 aromatic rings. The van der Waals surface area contributed by atoms with Gasteiger partial charge in [0.2, 0.25) is 0 Å². The standard InChI is InChI=1S/C12H13F2NO2S/c1-18-11-8(13)2-6(3-9(11)14)10-4-7(5-15-10)12(16)17/h2-3,7,10,15H,4-5H2,1H3,(H,16,17). The molecule has 0 bridgehead atoms. The summed E-state index contributed by atoms with van der Waals surface area (Å²) in [4.78, 5) is 10.8. The van der Waals surface area contributed by atoms with Crippen LogP contribution in [0.1, 0.15) is 18.0 Å². The van der Waals surface area contributed by atoms with Crippen LogP contribution in [0.4, 0.5) is 8.78 Å². The van der Waals surface area contributed by atoms with Crippen molar-refractivity contribution < 1.29 is 18.7 Å². The molecule has 2 unspecified atom stereocenters. The number of carboxylic acids is 1. The average molecular weight is 273 g/mol. The molecule has 3 nitrogen and oxygen atoms in total. The Labute approximate surface area is 108 Å². The lowest BCUT2D eigenvalue weighted by atomic mass is 10.00. The summed E-state index contributed by atoms with van der Waals surface area (Å²) in [6, 6.07) is 2.25. The molecular weight excluding hydrogens is 260 g/mol. The molecule has 18 heavy (non-hydrogen) atoms. The molecule has 0 aromatic heterocycles. The summed E-state index contributed by atoms with van der Waals surface area (Å²) in [5.41, 5.74) is 0.464. The van der Waals surface area contributed by atoms with E-state index in [4.69, 9.17) is 5.11 Å². The molecule has 0 saturated carbocycles. The van der Waals surface area contributed by atoms with Crippen molar-refractivity contribution >= 4 is 17.7 Å². The zero-order valence-electron chi connectivity index (χ0n) is 9.74. The topological polar surface area (TPSA) is 49.3 Å². The minimum absolute atomic E-state index is 0.00784. The number of rotatable bonds is 3. The molecule has 0 amide bonds. The number of halogens is 2. The fraction of sp³-hybridized carbons (Fsp3) is 0.417. The first kappa shape index (κ1) is 13.3. The number of carbonyl (C=O) groups is 1. The maximum absolute atomic E-state index is 13.6. The molecule has 6 heteroatoms. The summed E-state index contributed by atoms with van der Waals surface area (Å²) in [7, 11) is 0. The molecule has 1 fully saturated rings. The van der Waals surface area contributed by atoms with Gasteiger partial charge in [-0.2, -0.15) is 0 Å². The minimum atomic E-state index is -0.883. The van der Waals surface area contributed by atoms with Crippen molar-refractivity contribution in [3.63, 3.8) is 0 Å². The van der Waals surface area contributed by atoms with Crippen LogP contribution in [0.5, 0.6) is 0 Å². The number of aliphatic carboxylic acids is 1. The smallest absolute Gasteiger partial charge is 0.307 e. The Balaban J connectivity index is 2.23. The van der Waals surface area contributed by atoms with Crippen LogP contribution in [0.3, 0.4) is 0 Å². The zero-order chi connectivity index (χ0) is 13.3. The fourth-order valence-electron chi connectivity index (χ4n) is 2.15. The number of thioether (sulfide) groups is 1. The third-order valence-corrected chi connectivity index (χ3v) is 3.91. The van der Waals surface area contributed by atoms with Gasteiger partial charge < -0.3 is 10.4 Å². The molecule has 2 atom stereocenters. The molecule has 1 aliphatic heterocycles. The molecule has 0 aliphatic carbocycles. The van der Waals surface area contributed by atoms with Crippen LogP contribution in [0.2, 0.25) is 0 Å². The van der Waals surface area contributed by atoms with E-state index in [-0.39, 0.29) is 10.9 Å². The number of carboxylic acid groups (broad SMARTS) is 1. The van der Waals surface area contributed by atoms with Crippen LogP contribution in [0, 0.1) is 17.6 Å². The van der Waals surface area contributed by atoms with Crippen LogP contribution in [0.25, 0.3) is 0 Å². The predicted molar refractivity (Wildman–Crippen MR) is 64.6 cm³/mol. The van der Waals surface area contributed by atoms with Gasteiger partial charge in [-0.15, -0.1) is 11.8 Å². The van der Waals surface area contributed by atoms with E-state index in [9.17, 15) is 13.6 Å². The summed E-state index contributed by atoms with van der Waals surface area (Å²) in [5.74, 6) is -2.58. The second kappa shape index (κ2) is 5.24. The lowest BCUT2D eigenvalue weighted by molar-refractivity contribution is -0.141. The summed E-state index contributed by atoms with van der Waals surface area (Å²) < 4.78 is 27.2. The van der Waals surface area contributed by atoms with E-state index in [1.807, 2.05) is 0 Å². The molecule has 2 rings (SSSR count). The SMILES string of the molecule is CSc1c(F)cc(C2CC(C(=O)O)CN2)cc1F. The van der Waals surface area contributed by atoms with Crippen LogP contribution in [-0.4, -0.2) is 23.9 Å². The van der Waals surface area contributed by atoms with Gasteiger partial charge in [-0.1, -0.05) is 0 Å². The van der Waals surface area contributed by atoms with Gasteiger partial charge in [-0.05, 0) is 30.4 Å². The van der Waals surface area contributed by atoms with Crippen molar-refractivity contribution in [2.24, 2.45) is 5.92 Å². The van der Waals surface area contributed by atoms with E-state index >= 15 is 0 Å². The molecule has 1 aromatic carbocycles. The molecule has 1 saturated heterocycles. The van der Waals surface area contributed by atoms with Crippen molar-refractivity contribution in [3.8, 4) is 0 Å². The number of hydrogen-bond acceptors (Lipinski definition) is 3. The van der Waals surface area contributed by atoms with Crippen LogP contribution < -0.4 is 5.32 Å². The Morgan fingerprint density at radius 2 is 2.06 bits per heavy atom. The summed E-state index contributed by atoms with van der Waals surface area (Å²) in [6.45, 7) is 0.327. The van der Waals surface area contributed by atoms with Crippen molar-refractivity contribution in [1.29, 1.82) is 0 Å². The highest BCUT2D eigenvalue weighted by atomic mass is 32.2. The molecule has 1 aliphatic rings. The predicted octanol–water partition coefficient (Wildman–Crippen LogP) is 2.42. The maximum atomic E-state index is 13.6. The van der Waals surface area contributed by atoms with E-state index < -0.39 is 23.5 Å². The van der Waals surface area contributed by atoms with E-state index in [1.165, 1.54) is 12.1 Å². The first-order chi connectivity index (χ1) is 8.52. The highest BCUT2D eigenvalue weighted by Crippen LogP contribution is 2.31. The van der Waals surface area contributed by atoms with E-state index in [1.54, 1.807) is 6.26 Å². The highest BCUT2D eigenvalue weighted by Gasteiger charge is 2.30. The second-order valence-electron chi connectivity index (χ2n) is 4.25. The van der Waals surface area contributed by atoms with Gasteiger partial charge in [0.25, 0.3) is 0 Å². The molecule has 98 valence electrons. The Morgan fingerprint density at radius 1 is 1.44 bits per heavy atom. The molecule has 2 N–H and O–H groups in total. The number of benzene rings is 1.